The quantitative estimate of drug-likeness (QED) is 0.739. The smallest absolute Gasteiger partial charge is 0.152 e. The molecular weight excluding hydrogens is 364 g/mol. The Morgan fingerprint density at radius 1 is 1.30 bits per heavy atom. The average Bonchev–Trinajstić information content (AvgIpc) is 3.02. The lowest BCUT2D eigenvalue weighted by Gasteiger charge is -2.28. The fraction of sp³-hybridized carbons (Fsp3) is 0.474. The molecule has 3 rings (SSSR count). The highest BCUT2D eigenvalue weighted by molar-refractivity contribution is 7.91. The van der Waals surface area contributed by atoms with Crippen LogP contribution in [0.4, 0.5) is 11.6 Å². The molecule has 146 valence electrons. The number of rotatable bonds is 8. The molecule has 0 amide bonds. The first-order valence-electron chi connectivity index (χ1n) is 9.17. The molecule has 1 aliphatic heterocycles. The summed E-state index contributed by atoms with van der Waals surface area (Å²) < 4.78 is 29.0. The number of nitrogens with zero attached hydrogens (tertiary/aromatic N) is 3. The molecule has 0 bridgehead atoms. The van der Waals surface area contributed by atoms with Gasteiger partial charge in [-0.05, 0) is 31.4 Å². The predicted octanol–water partition coefficient (Wildman–Crippen LogP) is 2.15. The molecule has 1 aromatic heterocycles. The number of para-hydroxylation sites is 1. The van der Waals surface area contributed by atoms with E-state index in [1.165, 1.54) is 6.33 Å². The van der Waals surface area contributed by atoms with E-state index in [1.54, 1.807) is 7.11 Å². The fourth-order valence-corrected chi connectivity index (χ4v) is 5.19. The van der Waals surface area contributed by atoms with Gasteiger partial charge in [-0.1, -0.05) is 18.2 Å². The van der Waals surface area contributed by atoms with Crippen molar-refractivity contribution in [3.63, 3.8) is 0 Å². The second-order valence-corrected chi connectivity index (χ2v) is 8.82. The van der Waals surface area contributed by atoms with E-state index >= 15 is 0 Å². The molecule has 2 heterocycles. The normalized spacial score (nSPS) is 18.2. The number of benzene rings is 1. The second kappa shape index (κ2) is 8.56. The molecule has 1 atom stereocenters. The number of nitrogens with one attached hydrogen (secondary N) is 1. The highest BCUT2D eigenvalue weighted by atomic mass is 32.2. The van der Waals surface area contributed by atoms with Crippen molar-refractivity contribution in [3.8, 4) is 5.75 Å². The number of hydrogen-bond acceptors (Lipinski definition) is 7. The van der Waals surface area contributed by atoms with Gasteiger partial charge in [0.15, 0.2) is 9.84 Å². The number of anilines is 2. The van der Waals surface area contributed by atoms with Crippen LogP contribution in [0.25, 0.3) is 0 Å². The topological polar surface area (TPSA) is 84.4 Å². The van der Waals surface area contributed by atoms with E-state index in [4.69, 9.17) is 4.74 Å². The summed E-state index contributed by atoms with van der Waals surface area (Å²) in [5.74, 6) is 2.82. The molecular formula is C19H26N4O3S. The summed E-state index contributed by atoms with van der Waals surface area (Å²) in [5.41, 5.74) is 1.13. The molecule has 1 saturated heterocycles. The summed E-state index contributed by atoms with van der Waals surface area (Å²) in [6.45, 7) is 3.43. The van der Waals surface area contributed by atoms with Crippen molar-refractivity contribution in [2.75, 3.05) is 41.9 Å². The van der Waals surface area contributed by atoms with E-state index in [-0.39, 0.29) is 17.5 Å². The molecule has 0 aliphatic carbocycles. The summed E-state index contributed by atoms with van der Waals surface area (Å²) in [5, 5.41) is 3.32. The first-order chi connectivity index (χ1) is 13.0. The molecule has 1 fully saturated rings. The highest BCUT2D eigenvalue weighted by Crippen LogP contribution is 2.24. The Morgan fingerprint density at radius 3 is 2.81 bits per heavy atom. The lowest BCUT2D eigenvalue weighted by Crippen LogP contribution is -2.36. The Kier molecular flexibility index (Phi) is 6.15. The minimum atomic E-state index is -2.93. The third kappa shape index (κ3) is 4.88. The van der Waals surface area contributed by atoms with E-state index in [0.717, 1.165) is 29.4 Å². The SMILES string of the molecule is CCN(c1cc(NCCc2ccccc2OC)ncn1)C1CCS(=O)(=O)C1. The lowest BCUT2D eigenvalue weighted by molar-refractivity contribution is 0.410. The van der Waals surface area contributed by atoms with Crippen LogP contribution in [0.1, 0.15) is 18.9 Å². The van der Waals surface area contributed by atoms with E-state index in [9.17, 15) is 8.42 Å². The van der Waals surface area contributed by atoms with E-state index in [0.29, 0.717) is 19.5 Å². The number of ether oxygens (including phenoxy) is 1. The molecule has 2 aromatic rings. The Hall–Kier alpha value is -2.35. The molecule has 0 spiro atoms. The maximum atomic E-state index is 11.8. The highest BCUT2D eigenvalue weighted by Gasteiger charge is 2.32. The van der Waals surface area contributed by atoms with Crippen molar-refractivity contribution in [2.24, 2.45) is 0 Å². The molecule has 0 radical (unpaired) electrons. The summed E-state index contributed by atoms with van der Waals surface area (Å²) in [7, 11) is -1.26. The monoisotopic (exact) mass is 390 g/mol. The Morgan fingerprint density at radius 2 is 2.11 bits per heavy atom. The van der Waals surface area contributed by atoms with Gasteiger partial charge in [0.05, 0.1) is 18.6 Å². The van der Waals surface area contributed by atoms with Crippen LogP contribution in [-0.4, -0.2) is 56.1 Å². The second-order valence-electron chi connectivity index (χ2n) is 6.59. The van der Waals surface area contributed by atoms with E-state index < -0.39 is 9.84 Å². The predicted molar refractivity (Wildman–Crippen MR) is 107 cm³/mol. The zero-order chi connectivity index (χ0) is 19.3. The third-order valence-corrected chi connectivity index (χ3v) is 6.58. The van der Waals surface area contributed by atoms with Crippen LogP contribution in [0.2, 0.25) is 0 Å². The van der Waals surface area contributed by atoms with Gasteiger partial charge in [0.2, 0.25) is 0 Å². The average molecular weight is 391 g/mol. The van der Waals surface area contributed by atoms with Gasteiger partial charge in [-0.2, -0.15) is 0 Å². The number of methoxy groups -OCH3 is 1. The van der Waals surface area contributed by atoms with Crippen molar-refractivity contribution in [1.29, 1.82) is 0 Å². The largest absolute Gasteiger partial charge is 0.496 e. The molecule has 1 aliphatic rings. The zero-order valence-corrected chi connectivity index (χ0v) is 16.6. The minimum Gasteiger partial charge on any atom is -0.496 e. The molecule has 7 nitrogen and oxygen atoms in total. The van der Waals surface area contributed by atoms with E-state index in [2.05, 4.69) is 20.2 Å². The van der Waals surface area contributed by atoms with E-state index in [1.807, 2.05) is 37.3 Å². The van der Waals surface area contributed by atoms with Crippen LogP contribution >= 0.6 is 0 Å². The van der Waals surface area contributed by atoms with Gasteiger partial charge < -0.3 is 15.0 Å². The van der Waals surface area contributed by atoms with Crippen molar-refractivity contribution in [3.05, 3.63) is 42.2 Å². The van der Waals surface area contributed by atoms with Gasteiger partial charge in [0.25, 0.3) is 0 Å². The van der Waals surface area contributed by atoms with Crippen LogP contribution in [-0.2, 0) is 16.3 Å². The molecule has 1 unspecified atom stereocenters. The molecule has 8 heteroatoms. The summed E-state index contributed by atoms with van der Waals surface area (Å²) in [6.07, 6.45) is 2.98. The first-order valence-corrected chi connectivity index (χ1v) is 11.0. The minimum absolute atomic E-state index is 0.0173. The zero-order valence-electron chi connectivity index (χ0n) is 15.8. The molecule has 1 N–H and O–H groups in total. The van der Waals surface area contributed by atoms with Crippen molar-refractivity contribution in [1.82, 2.24) is 9.97 Å². The van der Waals surface area contributed by atoms with Gasteiger partial charge in [-0.25, -0.2) is 18.4 Å². The van der Waals surface area contributed by atoms with Gasteiger partial charge in [-0.15, -0.1) is 0 Å². The lowest BCUT2D eigenvalue weighted by atomic mass is 10.1. The summed E-state index contributed by atoms with van der Waals surface area (Å²) >= 11 is 0. The van der Waals surface area contributed by atoms with Gasteiger partial charge >= 0.3 is 0 Å². The van der Waals surface area contributed by atoms with Gasteiger partial charge in [0, 0.05) is 25.2 Å². The standard InChI is InChI=1S/C19H26N4O3S/c1-3-23(16-9-11-27(24,25)13-16)19-12-18(21-14-22-19)20-10-8-15-6-4-5-7-17(15)26-2/h4-7,12,14,16H,3,8-11,13H2,1-2H3,(H,20,21,22). The molecule has 1 aromatic carbocycles. The molecule has 27 heavy (non-hydrogen) atoms. The Balaban J connectivity index is 1.64. The maximum absolute atomic E-state index is 11.8. The van der Waals surface area contributed by atoms with Crippen LogP contribution < -0.4 is 15.0 Å². The molecule has 0 saturated carbocycles. The van der Waals surface area contributed by atoms with Gasteiger partial charge in [-0.3, -0.25) is 0 Å². The van der Waals surface area contributed by atoms with Crippen LogP contribution in [0.5, 0.6) is 5.75 Å². The summed E-state index contributed by atoms with van der Waals surface area (Å²) in [6, 6.07) is 9.82. The van der Waals surface area contributed by atoms with Crippen molar-refractivity contribution < 1.29 is 13.2 Å². The van der Waals surface area contributed by atoms with Crippen molar-refractivity contribution in [2.45, 2.75) is 25.8 Å². The Labute approximate surface area is 160 Å². The summed E-state index contributed by atoms with van der Waals surface area (Å²) in [4.78, 5) is 10.7. The van der Waals surface area contributed by atoms with Crippen LogP contribution in [0, 0.1) is 0 Å². The Bertz CT molecular complexity index is 873. The van der Waals surface area contributed by atoms with Crippen LogP contribution in [0.15, 0.2) is 36.7 Å². The number of sulfone groups is 1. The maximum Gasteiger partial charge on any atom is 0.152 e. The van der Waals surface area contributed by atoms with Crippen molar-refractivity contribution >= 4 is 21.5 Å². The van der Waals surface area contributed by atoms with Crippen LogP contribution in [0.3, 0.4) is 0 Å². The number of hydrogen-bond donors (Lipinski definition) is 1. The third-order valence-electron chi connectivity index (χ3n) is 4.83. The first kappa shape index (κ1) is 19.4. The number of aromatic nitrogens is 2. The van der Waals surface area contributed by atoms with Gasteiger partial charge in [0.1, 0.15) is 23.7 Å². The fourth-order valence-electron chi connectivity index (χ4n) is 3.46.